The van der Waals surface area contributed by atoms with Crippen LogP contribution in [-0.4, -0.2) is 69.7 Å². The Hall–Kier alpha value is -2.43. The smallest absolute Gasteiger partial charge is 0.340 e. The van der Waals surface area contributed by atoms with Gasteiger partial charge in [0.25, 0.3) is 0 Å². The van der Waals surface area contributed by atoms with E-state index in [-0.39, 0.29) is 5.82 Å². The Labute approximate surface area is 189 Å². The van der Waals surface area contributed by atoms with Gasteiger partial charge < -0.3 is 24.7 Å². The molecular formula is C18H26N6O8S. The third-order valence-electron chi connectivity index (χ3n) is 4.90. The number of esters is 1. The molecule has 2 aromatic rings. The van der Waals surface area contributed by atoms with Crippen molar-refractivity contribution in [3.63, 3.8) is 0 Å². The van der Waals surface area contributed by atoms with Crippen LogP contribution in [0.5, 0.6) is 0 Å². The number of carbonyl (C=O) groups is 1. The first-order valence-electron chi connectivity index (χ1n) is 10.0. The molecule has 4 rings (SSSR count). The summed E-state index contributed by atoms with van der Waals surface area (Å²) in [5.41, 5.74) is 5.63. The molecule has 2 aromatic heterocycles. The Bertz CT molecular complexity index is 1180. The molecule has 0 spiro atoms. The van der Waals surface area contributed by atoms with Gasteiger partial charge in [0, 0.05) is 0 Å². The highest BCUT2D eigenvalue weighted by molar-refractivity contribution is 7.84. The summed E-state index contributed by atoms with van der Waals surface area (Å²) in [6, 6.07) is 0. The van der Waals surface area contributed by atoms with Gasteiger partial charge in [-0.1, -0.05) is 0 Å². The van der Waals surface area contributed by atoms with Crippen molar-refractivity contribution >= 4 is 33.3 Å². The van der Waals surface area contributed by atoms with Crippen molar-refractivity contribution in [3.05, 3.63) is 12.7 Å². The minimum Gasteiger partial charge on any atom is -0.458 e. The fourth-order valence-corrected chi connectivity index (χ4v) is 4.34. The number of hydrogen-bond acceptors (Lipinski definition) is 12. The van der Waals surface area contributed by atoms with Gasteiger partial charge in [0.2, 0.25) is 6.10 Å². The van der Waals surface area contributed by atoms with Gasteiger partial charge in [0.1, 0.15) is 35.8 Å². The number of rotatable bonds is 5. The molecule has 5 atom stereocenters. The zero-order valence-corrected chi connectivity index (χ0v) is 19.5. The van der Waals surface area contributed by atoms with E-state index in [9.17, 15) is 13.2 Å². The number of imidazole rings is 1. The first-order valence-corrected chi connectivity index (χ1v) is 11.5. The van der Waals surface area contributed by atoms with E-state index in [0.29, 0.717) is 11.2 Å². The molecule has 1 unspecified atom stereocenters. The fourth-order valence-electron chi connectivity index (χ4n) is 3.86. The number of hydrogen-bond donors (Lipinski definition) is 2. The van der Waals surface area contributed by atoms with Crippen molar-refractivity contribution < 1.29 is 36.3 Å². The summed E-state index contributed by atoms with van der Waals surface area (Å²) < 4.78 is 53.5. The number of carbonyl (C=O) groups excluding carboxylic acids is 1. The Morgan fingerprint density at radius 1 is 1.21 bits per heavy atom. The summed E-state index contributed by atoms with van der Waals surface area (Å²) in [6.07, 6.45) is -2.94. The van der Waals surface area contributed by atoms with Crippen LogP contribution in [0, 0.1) is 0 Å². The van der Waals surface area contributed by atoms with E-state index >= 15 is 0 Å². The van der Waals surface area contributed by atoms with Crippen LogP contribution < -0.4 is 10.9 Å². The number of aromatic nitrogens is 4. The Kier molecular flexibility index (Phi) is 5.62. The highest BCUT2D eigenvalue weighted by Crippen LogP contribution is 2.45. The van der Waals surface area contributed by atoms with Gasteiger partial charge in [-0.2, -0.15) is 8.42 Å². The molecule has 182 valence electrons. The minimum atomic E-state index is -4.56. The normalized spacial score (nSPS) is 28.1. The number of nitrogens with zero attached hydrogens (tertiary/aromatic N) is 4. The summed E-state index contributed by atoms with van der Waals surface area (Å²) in [5.74, 6) is -1.89. The summed E-state index contributed by atoms with van der Waals surface area (Å²) in [5, 5.41) is 5.08. The van der Waals surface area contributed by atoms with E-state index in [2.05, 4.69) is 15.0 Å². The molecule has 4 heterocycles. The molecule has 2 aliphatic rings. The van der Waals surface area contributed by atoms with Crippen molar-refractivity contribution in [3.8, 4) is 0 Å². The summed E-state index contributed by atoms with van der Waals surface area (Å²) in [7, 11) is -4.56. The largest absolute Gasteiger partial charge is 0.458 e. The average molecular weight is 487 g/mol. The van der Waals surface area contributed by atoms with Crippen LogP contribution in [0.15, 0.2) is 12.7 Å². The van der Waals surface area contributed by atoms with Gasteiger partial charge in [0.05, 0.1) is 6.33 Å². The third-order valence-corrected chi connectivity index (χ3v) is 5.38. The first-order chi connectivity index (χ1) is 15.2. The second-order valence-corrected chi connectivity index (χ2v) is 10.4. The second kappa shape index (κ2) is 7.82. The predicted molar refractivity (Wildman–Crippen MR) is 111 cm³/mol. The van der Waals surface area contributed by atoms with E-state index in [1.807, 2.05) is 0 Å². The van der Waals surface area contributed by atoms with Gasteiger partial charge in [-0.25, -0.2) is 29.1 Å². The number of anilines is 1. The van der Waals surface area contributed by atoms with E-state index < -0.39 is 58.3 Å². The summed E-state index contributed by atoms with van der Waals surface area (Å²) in [4.78, 5) is 25.3. The van der Waals surface area contributed by atoms with E-state index in [4.69, 9.17) is 34.0 Å². The lowest BCUT2D eigenvalue weighted by Crippen LogP contribution is -2.48. The number of ether oxygens (including phenoxy) is 4. The van der Waals surface area contributed by atoms with Gasteiger partial charge in [-0.3, -0.25) is 4.57 Å². The zero-order valence-electron chi connectivity index (χ0n) is 18.7. The molecule has 0 saturated carbocycles. The fraction of sp³-hybridized carbons (Fsp3) is 0.667. The average Bonchev–Trinajstić information content (AvgIpc) is 3.29. The molecule has 2 aliphatic heterocycles. The Morgan fingerprint density at radius 2 is 1.88 bits per heavy atom. The van der Waals surface area contributed by atoms with E-state index in [1.54, 1.807) is 39.2 Å². The zero-order chi connectivity index (χ0) is 24.3. The van der Waals surface area contributed by atoms with Crippen LogP contribution in [-0.2, 0) is 38.2 Å². The highest BCUT2D eigenvalue weighted by Gasteiger charge is 2.60. The topological polar surface area (TPSA) is 193 Å². The maximum Gasteiger partial charge on any atom is 0.340 e. The summed E-state index contributed by atoms with van der Waals surface area (Å²) in [6.45, 7) is 8.23. The lowest BCUT2D eigenvalue weighted by atomic mass is 10.1. The molecule has 0 radical (unpaired) electrons. The quantitative estimate of drug-likeness (QED) is 0.527. The van der Waals surface area contributed by atoms with Crippen LogP contribution in [0.3, 0.4) is 0 Å². The van der Waals surface area contributed by atoms with Crippen LogP contribution >= 0.6 is 0 Å². The van der Waals surface area contributed by atoms with Gasteiger partial charge in [0.15, 0.2) is 23.5 Å². The van der Waals surface area contributed by atoms with Gasteiger partial charge in [-0.05, 0) is 34.6 Å². The first kappa shape index (κ1) is 23.7. The standard InChI is InChI=1S/C18H26N6O8S/c1-17(2,3)31-16(25)12(32-33(20,26)27)9-10-11(30-18(4,5)29-10)15(28-9)24-7-23-8-13(19)21-6-22-14(8)24/h6-7,9-12,15H,1-5H3,(H2,19,21,22)(H2,20,26,27)/t9-,10+,11+,12?,15+/m0/s1. The van der Waals surface area contributed by atoms with E-state index in [1.165, 1.54) is 12.7 Å². The monoisotopic (exact) mass is 486 g/mol. The summed E-state index contributed by atoms with van der Waals surface area (Å²) >= 11 is 0. The maximum absolute atomic E-state index is 12.9. The second-order valence-electron chi connectivity index (χ2n) is 9.18. The van der Waals surface area contributed by atoms with Crippen LogP contribution in [0.25, 0.3) is 11.2 Å². The molecule has 0 aromatic carbocycles. The molecule has 14 nitrogen and oxygen atoms in total. The van der Waals surface area contributed by atoms with Crippen molar-refractivity contribution in [2.75, 3.05) is 5.73 Å². The van der Waals surface area contributed by atoms with Crippen molar-refractivity contribution in [1.82, 2.24) is 19.5 Å². The lowest BCUT2D eigenvalue weighted by Gasteiger charge is -2.29. The number of fused-ring (bicyclic) bond motifs is 2. The predicted octanol–water partition coefficient (Wildman–Crippen LogP) is -0.244. The molecule has 2 fully saturated rings. The molecule has 33 heavy (non-hydrogen) atoms. The van der Waals surface area contributed by atoms with Crippen LogP contribution in [0.4, 0.5) is 5.82 Å². The molecular weight excluding hydrogens is 460 g/mol. The minimum absolute atomic E-state index is 0.165. The lowest BCUT2D eigenvalue weighted by molar-refractivity contribution is -0.211. The maximum atomic E-state index is 12.9. The van der Waals surface area contributed by atoms with Crippen LogP contribution in [0.1, 0.15) is 40.8 Å². The molecule has 0 aliphatic carbocycles. The molecule has 0 bridgehead atoms. The molecule has 0 amide bonds. The number of nitrogens with two attached hydrogens (primary N) is 2. The molecule has 15 heteroatoms. The SMILES string of the molecule is CC(C)(C)OC(=O)C(OS(N)(=O)=O)[C@H]1O[C@@H](n2cnc3c(N)ncnc32)[C@@H]2OC(C)(C)O[C@@H]21. The Morgan fingerprint density at radius 3 is 2.52 bits per heavy atom. The highest BCUT2D eigenvalue weighted by atomic mass is 32.2. The van der Waals surface area contributed by atoms with Crippen molar-refractivity contribution in [1.29, 1.82) is 0 Å². The molecule has 4 N–H and O–H groups in total. The number of nitrogen functional groups attached to an aromatic ring is 1. The van der Waals surface area contributed by atoms with Gasteiger partial charge >= 0.3 is 16.3 Å². The third kappa shape index (κ3) is 4.78. The van der Waals surface area contributed by atoms with Crippen LogP contribution in [0.2, 0.25) is 0 Å². The van der Waals surface area contributed by atoms with Crippen molar-refractivity contribution in [2.24, 2.45) is 5.14 Å². The van der Waals surface area contributed by atoms with Crippen molar-refractivity contribution in [2.45, 2.75) is 76.7 Å². The Balaban J connectivity index is 1.75. The molecule has 2 saturated heterocycles. The van der Waals surface area contributed by atoms with Gasteiger partial charge in [-0.15, -0.1) is 0 Å². The van der Waals surface area contributed by atoms with E-state index in [0.717, 1.165) is 0 Å².